The highest BCUT2D eigenvalue weighted by Crippen LogP contribution is 2.21. The number of hydrazine groups is 1. The lowest BCUT2D eigenvalue weighted by Crippen LogP contribution is -2.50. The Balaban J connectivity index is 1.76. The van der Waals surface area contributed by atoms with Crippen LogP contribution >= 0.6 is 15.9 Å². The summed E-state index contributed by atoms with van der Waals surface area (Å²) in [7, 11) is 0. The van der Waals surface area contributed by atoms with E-state index in [-0.39, 0.29) is 12.3 Å². The van der Waals surface area contributed by atoms with Gasteiger partial charge in [-0.3, -0.25) is 25.2 Å². The van der Waals surface area contributed by atoms with E-state index in [1.165, 1.54) is 6.07 Å². The van der Waals surface area contributed by atoms with Gasteiger partial charge in [-0.15, -0.1) is 0 Å². The largest absolute Gasteiger partial charge is 0.481 e. The maximum Gasteiger partial charge on any atom is 0.287 e. The van der Waals surface area contributed by atoms with Crippen LogP contribution in [0.3, 0.4) is 0 Å². The maximum absolute atomic E-state index is 12.1. The molecule has 1 unspecified atom stereocenters. The average molecular weight is 438 g/mol. The third-order valence-electron chi connectivity index (χ3n) is 3.76. The van der Waals surface area contributed by atoms with Crippen molar-refractivity contribution in [3.05, 3.63) is 51.9 Å². The Morgan fingerprint density at radius 3 is 2.56 bits per heavy atom. The summed E-state index contributed by atoms with van der Waals surface area (Å²) in [6.07, 6.45) is -0.819. The Kier molecular flexibility index (Phi) is 7.00. The van der Waals surface area contributed by atoms with Gasteiger partial charge in [0.1, 0.15) is 5.75 Å². The van der Waals surface area contributed by atoms with E-state index in [0.717, 1.165) is 11.1 Å². The fourth-order valence-corrected chi connectivity index (χ4v) is 2.36. The summed E-state index contributed by atoms with van der Waals surface area (Å²) in [5.41, 5.74) is 6.46. The fraction of sp³-hybridized carbons (Fsp3) is 0.278. The molecule has 144 valence electrons. The first-order valence-corrected chi connectivity index (χ1v) is 8.92. The number of nitrogens with one attached hydrogen (secondary N) is 3. The van der Waals surface area contributed by atoms with E-state index >= 15 is 0 Å². The molecule has 0 spiro atoms. The minimum Gasteiger partial charge on any atom is -0.481 e. The van der Waals surface area contributed by atoms with Gasteiger partial charge in [-0.2, -0.15) is 0 Å². The van der Waals surface area contributed by atoms with Gasteiger partial charge < -0.3 is 14.5 Å². The van der Waals surface area contributed by atoms with Crippen LogP contribution in [-0.4, -0.2) is 30.4 Å². The number of carbonyl (C=O) groups excluding carboxylic acids is 3. The van der Waals surface area contributed by atoms with E-state index < -0.39 is 23.8 Å². The Hall–Kier alpha value is -2.81. The molecule has 1 aromatic carbocycles. The summed E-state index contributed by atoms with van der Waals surface area (Å²) in [6.45, 7) is 5.09. The minimum absolute atomic E-state index is 0.0641. The van der Waals surface area contributed by atoms with Gasteiger partial charge in [0, 0.05) is 0 Å². The van der Waals surface area contributed by atoms with Crippen molar-refractivity contribution in [3.8, 4) is 5.75 Å². The second-order valence-corrected chi connectivity index (χ2v) is 6.56. The Morgan fingerprint density at radius 1 is 1.15 bits per heavy atom. The van der Waals surface area contributed by atoms with Crippen LogP contribution in [0.4, 0.5) is 0 Å². The molecule has 1 aromatic heterocycles. The van der Waals surface area contributed by atoms with Gasteiger partial charge in [0.2, 0.25) is 0 Å². The summed E-state index contributed by atoms with van der Waals surface area (Å²) in [6, 6.07) is 8.58. The van der Waals surface area contributed by atoms with Crippen molar-refractivity contribution >= 4 is 33.7 Å². The van der Waals surface area contributed by atoms with Crippen molar-refractivity contribution in [2.75, 3.05) is 6.54 Å². The number of hydrogen-bond acceptors (Lipinski definition) is 5. The van der Waals surface area contributed by atoms with Crippen molar-refractivity contribution in [1.29, 1.82) is 0 Å². The number of carbonyl (C=O) groups is 3. The van der Waals surface area contributed by atoms with Crippen molar-refractivity contribution in [2.24, 2.45) is 0 Å². The SMILES string of the molecule is Cc1cccc(OC(C)C(=O)NNC(=O)CNC(=O)c2ccc(Br)o2)c1C. The normalized spacial score (nSPS) is 11.4. The predicted octanol–water partition coefficient (Wildman–Crippen LogP) is 2.00. The van der Waals surface area contributed by atoms with Gasteiger partial charge in [0.25, 0.3) is 17.7 Å². The molecule has 9 heteroatoms. The monoisotopic (exact) mass is 437 g/mol. The van der Waals surface area contributed by atoms with Gasteiger partial charge in [-0.25, -0.2) is 0 Å². The molecule has 3 N–H and O–H groups in total. The molecule has 3 amide bonds. The van der Waals surface area contributed by atoms with Crippen molar-refractivity contribution in [1.82, 2.24) is 16.2 Å². The van der Waals surface area contributed by atoms with Gasteiger partial charge >= 0.3 is 0 Å². The molecule has 0 fully saturated rings. The van der Waals surface area contributed by atoms with Gasteiger partial charge in [0.05, 0.1) is 6.54 Å². The zero-order valence-electron chi connectivity index (χ0n) is 15.1. The molecule has 0 saturated heterocycles. The standard InChI is InChI=1S/C18H20BrN3O5/c1-10-5-4-6-13(11(10)2)26-12(3)17(24)22-21-16(23)9-20-18(25)14-7-8-15(19)27-14/h4-8,12H,9H2,1-3H3,(H,20,25)(H,21,23)(H,22,24). The number of ether oxygens (including phenoxy) is 1. The highest BCUT2D eigenvalue weighted by Gasteiger charge is 2.17. The number of benzene rings is 1. The summed E-state index contributed by atoms with van der Waals surface area (Å²) >= 11 is 3.08. The van der Waals surface area contributed by atoms with Gasteiger partial charge in [0.15, 0.2) is 16.5 Å². The molecule has 0 radical (unpaired) electrons. The predicted molar refractivity (Wildman–Crippen MR) is 101 cm³/mol. The molecule has 0 aliphatic carbocycles. The number of rotatable bonds is 6. The molecule has 27 heavy (non-hydrogen) atoms. The number of halogens is 1. The number of furan rings is 1. The summed E-state index contributed by atoms with van der Waals surface area (Å²) in [5.74, 6) is -1.00. The third-order valence-corrected chi connectivity index (χ3v) is 4.19. The second-order valence-electron chi connectivity index (χ2n) is 5.78. The van der Waals surface area contributed by atoms with E-state index in [1.807, 2.05) is 26.0 Å². The smallest absolute Gasteiger partial charge is 0.287 e. The molecule has 0 saturated carbocycles. The van der Waals surface area contributed by atoms with E-state index in [0.29, 0.717) is 10.4 Å². The first kappa shape index (κ1) is 20.5. The summed E-state index contributed by atoms with van der Waals surface area (Å²) < 4.78 is 11.1. The molecule has 0 aliphatic heterocycles. The molecular formula is C18H20BrN3O5. The third kappa shape index (κ3) is 5.85. The zero-order valence-corrected chi connectivity index (χ0v) is 16.7. The van der Waals surface area contributed by atoms with Crippen LogP contribution in [-0.2, 0) is 9.59 Å². The van der Waals surface area contributed by atoms with Gasteiger partial charge in [-0.1, -0.05) is 12.1 Å². The molecule has 1 heterocycles. The van der Waals surface area contributed by atoms with Crippen molar-refractivity contribution in [3.63, 3.8) is 0 Å². The van der Waals surface area contributed by atoms with Crippen molar-refractivity contribution in [2.45, 2.75) is 26.9 Å². The highest BCUT2D eigenvalue weighted by molar-refractivity contribution is 9.10. The van der Waals surface area contributed by atoms with Crippen LogP contribution in [0.1, 0.15) is 28.6 Å². The topological polar surface area (TPSA) is 110 Å². The molecule has 2 aromatic rings. The Labute approximate surface area is 164 Å². The molecule has 8 nitrogen and oxygen atoms in total. The lowest BCUT2D eigenvalue weighted by atomic mass is 10.1. The molecule has 0 bridgehead atoms. The van der Waals surface area contributed by atoms with Crippen LogP contribution in [0.15, 0.2) is 39.4 Å². The Morgan fingerprint density at radius 2 is 1.89 bits per heavy atom. The molecule has 1 atom stereocenters. The van der Waals surface area contributed by atoms with E-state index in [1.54, 1.807) is 19.1 Å². The van der Waals surface area contributed by atoms with E-state index in [2.05, 4.69) is 32.1 Å². The van der Waals surface area contributed by atoms with Crippen LogP contribution < -0.4 is 20.9 Å². The summed E-state index contributed by atoms with van der Waals surface area (Å²) in [5, 5.41) is 2.37. The first-order valence-electron chi connectivity index (χ1n) is 8.13. The highest BCUT2D eigenvalue weighted by atomic mass is 79.9. The number of amides is 3. The average Bonchev–Trinajstić information content (AvgIpc) is 3.07. The zero-order chi connectivity index (χ0) is 20.0. The first-order chi connectivity index (χ1) is 12.8. The second kappa shape index (κ2) is 9.22. The van der Waals surface area contributed by atoms with E-state index in [9.17, 15) is 14.4 Å². The number of hydrogen-bond donors (Lipinski definition) is 3. The lowest BCUT2D eigenvalue weighted by molar-refractivity contribution is -0.132. The van der Waals surface area contributed by atoms with Crippen molar-refractivity contribution < 1.29 is 23.5 Å². The Bertz CT molecular complexity index is 849. The fourth-order valence-electron chi connectivity index (χ4n) is 2.06. The minimum atomic E-state index is -0.819. The quantitative estimate of drug-likeness (QED) is 0.598. The number of aryl methyl sites for hydroxylation is 1. The van der Waals surface area contributed by atoms with Crippen LogP contribution in [0.5, 0.6) is 5.75 Å². The molecular weight excluding hydrogens is 418 g/mol. The maximum atomic E-state index is 12.1. The van der Waals surface area contributed by atoms with Crippen LogP contribution in [0.2, 0.25) is 0 Å². The van der Waals surface area contributed by atoms with Crippen LogP contribution in [0.25, 0.3) is 0 Å². The van der Waals surface area contributed by atoms with E-state index in [4.69, 9.17) is 9.15 Å². The lowest BCUT2D eigenvalue weighted by Gasteiger charge is -2.17. The summed E-state index contributed by atoms with van der Waals surface area (Å²) in [4.78, 5) is 35.6. The molecule has 0 aliphatic rings. The van der Waals surface area contributed by atoms with Crippen LogP contribution in [0, 0.1) is 13.8 Å². The molecule has 2 rings (SSSR count). The van der Waals surface area contributed by atoms with Gasteiger partial charge in [-0.05, 0) is 66.0 Å².